The van der Waals surface area contributed by atoms with Gasteiger partial charge in [0.15, 0.2) is 0 Å². The number of rotatable bonds is 4. The summed E-state index contributed by atoms with van der Waals surface area (Å²) in [6, 6.07) is 10.2. The van der Waals surface area contributed by atoms with Crippen molar-refractivity contribution in [3.8, 4) is 0 Å². The number of benzene rings is 1. The molecular formula is C14H23NO. The van der Waals surface area contributed by atoms with Crippen LogP contribution in [-0.2, 0) is 5.54 Å². The highest BCUT2D eigenvalue weighted by atomic mass is 16.2. The molecule has 0 aliphatic heterocycles. The van der Waals surface area contributed by atoms with E-state index >= 15 is 0 Å². The Morgan fingerprint density at radius 3 is 2.12 bits per heavy atom. The Morgan fingerprint density at radius 1 is 1.12 bits per heavy atom. The van der Waals surface area contributed by atoms with Crippen molar-refractivity contribution in [1.29, 1.82) is 0 Å². The Balaban J connectivity index is 3.05. The molecule has 1 aromatic carbocycles. The number of hydrogen-bond acceptors (Lipinski definition) is 2. The highest BCUT2D eigenvalue weighted by Crippen LogP contribution is 2.40. The van der Waals surface area contributed by atoms with E-state index in [1.54, 1.807) is 0 Å². The Morgan fingerprint density at radius 2 is 1.69 bits per heavy atom. The third kappa shape index (κ3) is 2.63. The van der Waals surface area contributed by atoms with Gasteiger partial charge in [-0.25, -0.2) is 0 Å². The molecule has 0 heterocycles. The van der Waals surface area contributed by atoms with E-state index in [1.807, 2.05) is 18.2 Å². The summed E-state index contributed by atoms with van der Waals surface area (Å²) in [7, 11) is 0. The van der Waals surface area contributed by atoms with Crippen molar-refractivity contribution in [3.63, 3.8) is 0 Å². The summed E-state index contributed by atoms with van der Waals surface area (Å²) in [5.41, 5.74) is 7.32. The summed E-state index contributed by atoms with van der Waals surface area (Å²) >= 11 is 0. The molecule has 1 unspecified atom stereocenters. The molecule has 3 N–H and O–H groups in total. The molecule has 0 spiro atoms. The molecule has 0 fully saturated rings. The topological polar surface area (TPSA) is 46.2 Å². The third-order valence-electron chi connectivity index (χ3n) is 3.36. The number of hydrogen-bond donors (Lipinski definition) is 2. The summed E-state index contributed by atoms with van der Waals surface area (Å²) in [6.07, 6.45) is 1.54. The fourth-order valence-corrected chi connectivity index (χ4v) is 2.05. The molecule has 0 saturated heterocycles. The highest BCUT2D eigenvalue weighted by Gasteiger charge is 2.38. The lowest BCUT2D eigenvalue weighted by molar-refractivity contribution is 0.156. The standard InChI is InChI=1S/C14H23NO/c1-13(2,3)14(15,10-7-11-16)12-8-5-4-6-9-12/h4-6,8-9,16H,7,10-11,15H2,1-3H3. The molecule has 2 nitrogen and oxygen atoms in total. The van der Waals surface area contributed by atoms with Gasteiger partial charge in [0.05, 0.1) is 0 Å². The van der Waals surface area contributed by atoms with Crippen molar-refractivity contribution < 1.29 is 5.11 Å². The van der Waals surface area contributed by atoms with Crippen LogP contribution < -0.4 is 5.73 Å². The summed E-state index contributed by atoms with van der Waals surface area (Å²) in [6.45, 7) is 6.65. The molecule has 0 aliphatic rings. The second-order valence-electron chi connectivity index (χ2n) is 5.41. The lowest BCUT2D eigenvalue weighted by atomic mass is 9.68. The quantitative estimate of drug-likeness (QED) is 0.821. The summed E-state index contributed by atoms with van der Waals surface area (Å²) < 4.78 is 0. The zero-order valence-corrected chi connectivity index (χ0v) is 10.5. The molecule has 0 bridgehead atoms. The summed E-state index contributed by atoms with van der Waals surface area (Å²) in [4.78, 5) is 0. The smallest absolute Gasteiger partial charge is 0.0459 e. The first-order chi connectivity index (χ1) is 7.42. The van der Waals surface area contributed by atoms with E-state index in [0.29, 0.717) is 0 Å². The van der Waals surface area contributed by atoms with Crippen LogP contribution in [0, 0.1) is 5.41 Å². The molecule has 1 aromatic rings. The Hall–Kier alpha value is -0.860. The molecule has 2 heteroatoms. The lowest BCUT2D eigenvalue weighted by Gasteiger charge is -2.42. The van der Waals surface area contributed by atoms with Gasteiger partial charge in [0.2, 0.25) is 0 Å². The second kappa shape index (κ2) is 4.98. The van der Waals surface area contributed by atoms with Crippen molar-refractivity contribution in [2.24, 2.45) is 11.1 Å². The average molecular weight is 221 g/mol. The van der Waals surface area contributed by atoms with Crippen LogP contribution in [0.1, 0.15) is 39.2 Å². The maximum atomic E-state index is 8.99. The Kier molecular flexibility index (Phi) is 4.11. The molecular weight excluding hydrogens is 198 g/mol. The second-order valence-corrected chi connectivity index (χ2v) is 5.41. The molecule has 1 atom stereocenters. The first-order valence-corrected chi connectivity index (χ1v) is 5.87. The maximum Gasteiger partial charge on any atom is 0.0459 e. The van der Waals surface area contributed by atoms with Crippen LogP contribution in [0.3, 0.4) is 0 Å². The Labute approximate surface area is 98.5 Å². The van der Waals surface area contributed by atoms with Crippen LogP contribution >= 0.6 is 0 Å². The molecule has 0 amide bonds. The van der Waals surface area contributed by atoms with Gasteiger partial charge in [0.1, 0.15) is 0 Å². The zero-order chi connectivity index (χ0) is 12.2. The molecule has 16 heavy (non-hydrogen) atoms. The number of aliphatic hydroxyl groups excluding tert-OH is 1. The summed E-state index contributed by atoms with van der Waals surface area (Å²) in [5.74, 6) is 0. The first-order valence-electron chi connectivity index (χ1n) is 5.87. The predicted molar refractivity (Wildman–Crippen MR) is 68.1 cm³/mol. The van der Waals surface area contributed by atoms with Gasteiger partial charge in [0.25, 0.3) is 0 Å². The van der Waals surface area contributed by atoms with Gasteiger partial charge in [-0.05, 0) is 23.8 Å². The van der Waals surface area contributed by atoms with Gasteiger partial charge < -0.3 is 10.8 Å². The van der Waals surface area contributed by atoms with E-state index < -0.39 is 0 Å². The van der Waals surface area contributed by atoms with Gasteiger partial charge >= 0.3 is 0 Å². The maximum absolute atomic E-state index is 8.99. The fraction of sp³-hybridized carbons (Fsp3) is 0.571. The van der Waals surface area contributed by atoms with Gasteiger partial charge in [-0.1, -0.05) is 51.1 Å². The van der Waals surface area contributed by atoms with E-state index in [0.717, 1.165) is 18.4 Å². The van der Waals surface area contributed by atoms with Gasteiger partial charge in [-0.15, -0.1) is 0 Å². The number of aliphatic hydroxyl groups is 1. The Bertz CT molecular complexity index is 315. The van der Waals surface area contributed by atoms with E-state index in [2.05, 4.69) is 32.9 Å². The predicted octanol–water partition coefficient (Wildman–Crippen LogP) is 2.66. The SMILES string of the molecule is CC(C)(C)C(N)(CCCO)c1ccccc1. The fourth-order valence-electron chi connectivity index (χ4n) is 2.05. The molecule has 0 saturated carbocycles. The minimum absolute atomic E-state index is 0.0243. The lowest BCUT2D eigenvalue weighted by Crippen LogP contribution is -2.48. The van der Waals surface area contributed by atoms with E-state index in [4.69, 9.17) is 10.8 Å². The highest BCUT2D eigenvalue weighted by molar-refractivity contribution is 5.26. The van der Waals surface area contributed by atoms with E-state index in [-0.39, 0.29) is 17.6 Å². The van der Waals surface area contributed by atoms with Gasteiger partial charge in [-0.2, -0.15) is 0 Å². The monoisotopic (exact) mass is 221 g/mol. The largest absolute Gasteiger partial charge is 0.396 e. The zero-order valence-electron chi connectivity index (χ0n) is 10.5. The normalized spacial score (nSPS) is 15.8. The van der Waals surface area contributed by atoms with Gasteiger partial charge in [-0.3, -0.25) is 0 Å². The molecule has 0 radical (unpaired) electrons. The van der Waals surface area contributed by atoms with Crippen molar-refractivity contribution in [2.75, 3.05) is 6.61 Å². The van der Waals surface area contributed by atoms with Crippen LogP contribution in [0.4, 0.5) is 0 Å². The minimum atomic E-state index is -0.378. The molecule has 1 rings (SSSR count). The van der Waals surface area contributed by atoms with E-state index in [9.17, 15) is 0 Å². The minimum Gasteiger partial charge on any atom is -0.396 e. The van der Waals surface area contributed by atoms with Crippen LogP contribution in [0.5, 0.6) is 0 Å². The van der Waals surface area contributed by atoms with Crippen LogP contribution in [0.25, 0.3) is 0 Å². The van der Waals surface area contributed by atoms with Crippen LogP contribution in [-0.4, -0.2) is 11.7 Å². The van der Waals surface area contributed by atoms with Crippen molar-refractivity contribution >= 4 is 0 Å². The molecule has 0 aliphatic carbocycles. The van der Waals surface area contributed by atoms with E-state index in [1.165, 1.54) is 0 Å². The molecule has 0 aromatic heterocycles. The van der Waals surface area contributed by atoms with Gasteiger partial charge in [0, 0.05) is 12.1 Å². The third-order valence-corrected chi connectivity index (χ3v) is 3.36. The van der Waals surface area contributed by atoms with Crippen molar-refractivity contribution in [2.45, 2.75) is 39.2 Å². The summed E-state index contributed by atoms with van der Waals surface area (Å²) in [5, 5.41) is 8.99. The van der Waals surface area contributed by atoms with Crippen LogP contribution in [0.2, 0.25) is 0 Å². The van der Waals surface area contributed by atoms with Crippen molar-refractivity contribution in [1.82, 2.24) is 0 Å². The number of nitrogens with two attached hydrogens (primary N) is 1. The average Bonchev–Trinajstić information content (AvgIpc) is 2.25. The molecule has 90 valence electrons. The first kappa shape index (κ1) is 13.2. The van der Waals surface area contributed by atoms with Crippen LogP contribution in [0.15, 0.2) is 30.3 Å². The van der Waals surface area contributed by atoms with Crippen molar-refractivity contribution in [3.05, 3.63) is 35.9 Å².